The molecule has 2 saturated heterocycles. The van der Waals surface area contributed by atoms with E-state index in [2.05, 4.69) is 62.5 Å². The fourth-order valence-electron chi connectivity index (χ4n) is 7.64. The van der Waals surface area contributed by atoms with Crippen molar-refractivity contribution >= 4 is 5.97 Å². The maximum atomic E-state index is 13.0. The van der Waals surface area contributed by atoms with E-state index in [4.69, 9.17) is 28.4 Å². The summed E-state index contributed by atoms with van der Waals surface area (Å²) in [5, 5.41) is 72.1. The SMILES string of the molecule is CCCCC/C=C\C/C=C\CCCCCCCCOCC(COC1OC(COC2OC(CO)C(O)C(O)C2O)C(O)C(O)C1O)OC(=O)CCCCCCC/C=C\C/C=C\CCCCC. The standard InChI is InChI=1S/C51H90O14/c1-3-5-7-9-11-13-15-17-19-21-23-25-27-29-31-33-35-60-37-40(63-43(53)34-32-30-28-26-24-22-20-18-16-14-12-10-8-6-4-2)38-61-50-49(59)47(57)45(55)42(65-50)39-62-51-48(58)46(56)44(54)41(36-52)64-51/h11-14,17-20,40-42,44-52,54-59H,3-10,15-16,21-39H2,1-2H3/b13-11-,14-12-,19-17-,20-18-. The van der Waals surface area contributed by atoms with Crippen molar-refractivity contribution in [2.45, 2.75) is 235 Å². The lowest BCUT2D eigenvalue weighted by Gasteiger charge is -2.42. The van der Waals surface area contributed by atoms with Gasteiger partial charge in [0, 0.05) is 13.0 Å². The summed E-state index contributed by atoms with van der Waals surface area (Å²) in [6.45, 7) is 3.58. The van der Waals surface area contributed by atoms with E-state index in [1.54, 1.807) is 0 Å². The van der Waals surface area contributed by atoms with E-state index >= 15 is 0 Å². The van der Waals surface area contributed by atoms with Gasteiger partial charge in [0.05, 0.1) is 26.4 Å². The molecule has 2 aliphatic rings. The monoisotopic (exact) mass is 927 g/mol. The average Bonchev–Trinajstić information content (AvgIpc) is 3.30. The van der Waals surface area contributed by atoms with Gasteiger partial charge in [0.15, 0.2) is 12.6 Å². The third-order valence-corrected chi connectivity index (χ3v) is 11.8. The van der Waals surface area contributed by atoms with E-state index in [-0.39, 0.29) is 19.6 Å². The molecule has 65 heavy (non-hydrogen) atoms. The van der Waals surface area contributed by atoms with Crippen LogP contribution in [0.3, 0.4) is 0 Å². The Hall–Kier alpha value is -2.05. The van der Waals surface area contributed by atoms with E-state index in [1.807, 2.05) is 0 Å². The summed E-state index contributed by atoms with van der Waals surface area (Å²) in [4.78, 5) is 13.0. The minimum absolute atomic E-state index is 0.0474. The molecule has 11 atom stereocenters. The number of aliphatic hydroxyl groups excluding tert-OH is 7. The normalized spacial score (nSPS) is 26.9. The molecule has 2 fully saturated rings. The lowest BCUT2D eigenvalue weighted by molar-refractivity contribution is -0.332. The Morgan fingerprint density at radius 1 is 0.508 bits per heavy atom. The van der Waals surface area contributed by atoms with Crippen LogP contribution in [0.2, 0.25) is 0 Å². The van der Waals surface area contributed by atoms with Gasteiger partial charge in [0.1, 0.15) is 54.9 Å². The van der Waals surface area contributed by atoms with Gasteiger partial charge in [-0.25, -0.2) is 0 Å². The van der Waals surface area contributed by atoms with E-state index in [0.29, 0.717) is 13.0 Å². The first-order chi connectivity index (χ1) is 31.6. The summed E-state index contributed by atoms with van der Waals surface area (Å²) in [5.41, 5.74) is 0. The summed E-state index contributed by atoms with van der Waals surface area (Å²) in [7, 11) is 0. The van der Waals surface area contributed by atoms with Crippen molar-refractivity contribution in [3.63, 3.8) is 0 Å². The Balaban J connectivity index is 1.79. The molecule has 0 spiro atoms. The fourth-order valence-corrected chi connectivity index (χ4v) is 7.64. The summed E-state index contributed by atoms with van der Waals surface area (Å²) < 4.78 is 34.2. The number of hydrogen-bond acceptors (Lipinski definition) is 14. The first kappa shape index (κ1) is 59.1. The van der Waals surface area contributed by atoms with Crippen LogP contribution in [0.5, 0.6) is 0 Å². The first-order valence-corrected chi connectivity index (χ1v) is 25.2. The van der Waals surface area contributed by atoms with Crippen molar-refractivity contribution < 1.29 is 69.0 Å². The van der Waals surface area contributed by atoms with Crippen LogP contribution in [0, 0.1) is 0 Å². The minimum Gasteiger partial charge on any atom is -0.457 e. The van der Waals surface area contributed by atoms with Crippen LogP contribution >= 0.6 is 0 Å². The van der Waals surface area contributed by atoms with Crippen molar-refractivity contribution in [1.29, 1.82) is 0 Å². The molecule has 2 aliphatic heterocycles. The second-order valence-corrected chi connectivity index (χ2v) is 17.6. The van der Waals surface area contributed by atoms with Crippen molar-refractivity contribution in [2.75, 3.05) is 33.0 Å². The second kappa shape index (κ2) is 38.9. The number of hydrogen-bond donors (Lipinski definition) is 7. The van der Waals surface area contributed by atoms with Crippen LogP contribution in [0.15, 0.2) is 48.6 Å². The van der Waals surface area contributed by atoms with E-state index in [1.165, 1.54) is 57.8 Å². The maximum absolute atomic E-state index is 13.0. The van der Waals surface area contributed by atoms with Crippen LogP contribution in [-0.2, 0) is 33.2 Å². The number of esters is 1. The second-order valence-electron chi connectivity index (χ2n) is 17.6. The van der Waals surface area contributed by atoms with Crippen LogP contribution in [0.4, 0.5) is 0 Å². The van der Waals surface area contributed by atoms with Crippen LogP contribution in [0.25, 0.3) is 0 Å². The molecular weight excluding hydrogens is 837 g/mol. The van der Waals surface area contributed by atoms with Crippen molar-refractivity contribution in [3.05, 3.63) is 48.6 Å². The Bertz CT molecular complexity index is 1260. The number of rotatable bonds is 39. The van der Waals surface area contributed by atoms with Crippen molar-refractivity contribution in [1.82, 2.24) is 0 Å². The predicted octanol–water partition coefficient (Wildman–Crippen LogP) is 7.18. The number of ether oxygens (including phenoxy) is 6. The summed E-state index contributed by atoms with van der Waals surface area (Å²) in [5.74, 6) is -0.395. The minimum atomic E-state index is -1.71. The van der Waals surface area contributed by atoms with Gasteiger partial charge in [-0.3, -0.25) is 4.79 Å². The largest absolute Gasteiger partial charge is 0.457 e. The first-order valence-electron chi connectivity index (χ1n) is 25.2. The molecule has 0 saturated carbocycles. The molecule has 11 unspecified atom stereocenters. The van der Waals surface area contributed by atoms with E-state index in [9.17, 15) is 40.5 Å². The average molecular weight is 927 g/mol. The molecule has 0 aromatic rings. The highest BCUT2D eigenvalue weighted by molar-refractivity contribution is 5.69. The lowest BCUT2D eigenvalue weighted by Crippen LogP contribution is -2.61. The highest BCUT2D eigenvalue weighted by atomic mass is 16.7. The molecule has 0 radical (unpaired) electrons. The highest BCUT2D eigenvalue weighted by Gasteiger charge is 2.47. The van der Waals surface area contributed by atoms with Gasteiger partial charge in [0.2, 0.25) is 0 Å². The topological polar surface area (TPSA) is 214 Å². The summed E-state index contributed by atoms with van der Waals surface area (Å²) in [6, 6.07) is 0. The molecule has 0 aromatic heterocycles. The Kier molecular flexibility index (Phi) is 35.3. The maximum Gasteiger partial charge on any atom is 0.306 e. The molecule has 378 valence electrons. The van der Waals surface area contributed by atoms with E-state index < -0.39 is 86.7 Å². The van der Waals surface area contributed by atoms with Gasteiger partial charge in [-0.1, -0.05) is 133 Å². The Labute approximate surface area is 391 Å². The van der Waals surface area contributed by atoms with Gasteiger partial charge in [-0.05, 0) is 77.0 Å². The summed E-state index contributed by atoms with van der Waals surface area (Å²) >= 11 is 0. The zero-order chi connectivity index (χ0) is 47.3. The fraction of sp³-hybridized carbons (Fsp3) is 0.824. The zero-order valence-electron chi connectivity index (χ0n) is 40.0. The molecule has 7 N–H and O–H groups in total. The van der Waals surface area contributed by atoms with Crippen LogP contribution < -0.4 is 0 Å². The van der Waals surface area contributed by atoms with E-state index in [0.717, 1.165) is 83.5 Å². The number of aliphatic hydroxyl groups is 7. The molecule has 14 heteroatoms. The number of carbonyl (C=O) groups is 1. The quantitative estimate of drug-likeness (QED) is 0.0185. The predicted molar refractivity (Wildman–Crippen MR) is 252 cm³/mol. The summed E-state index contributed by atoms with van der Waals surface area (Å²) in [6.07, 6.45) is 27.4. The molecule has 2 heterocycles. The molecule has 0 aliphatic carbocycles. The molecule has 0 bridgehead atoms. The molecule has 0 aromatic carbocycles. The Morgan fingerprint density at radius 2 is 0.954 bits per heavy atom. The van der Waals surface area contributed by atoms with Gasteiger partial charge in [0.25, 0.3) is 0 Å². The smallest absolute Gasteiger partial charge is 0.306 e. The number of carbonyl (C=O) groups excluding carboxylic acids is 1. The third-order valence-electron chi connectivity index (χ3n) is 11.8. The van der Waals surface area contributed by atoms with Crippen molar-refractivity contribution in [3.8, 4) is 0 Å². The molecule has 2 rings (SSSR count). The van der Waals surface area contributed by atoms with Crippen LogP contribution in [0.1, 0.15) is 168 Å². The van der Waals surface area contributed by atoms with Gasteiger partial charge in [-0.15, -0.1) is 0 Å². The molecular formula is C51H90O14. The molecule has 0 amide bonds. The number of unbranched alkanes of at least 4 members (excludes halogenated alkanes) is 17. The van der Waals surface area contributed by atoms with Crippen LogP contribution in [-0.4, -0.2) is 142 Å². The molecule has 14 nitrogen and oxygen atoms in total. The van der Waals surface area contributed by atoms with Gasteiger partial charge >= 0.3 is 5.97 Å². The zero-order valence-corrected chi connectivity index (χ0v) is 40.0. The van der Waals surface area contributed by atoms with Gasteiger partial charge in [-0.2, -0.15) is 0 Å². The Morgan fingerprint density at radius 3 is 1.48 bits per heavy atom. The third kappa shape index (κ3) is 26.9. The van der Waals surface area contributed by atoms with Gasteiger partial charge < -0.3 is 64.2 Å². The van der Waals surface area contributed by atoms with Crippen molar-refractivity contribution in [2.24, 2.45) is 0 Å². The number of allylic oxidation sites excluding steroid dienone is 8. The lowest BCUT2D eigenvalue weighted by atomic mass is 9.98. The highest BCUT2D eigenvalue weighted by Crippen LogP contribution is 2.26.